The van der Waals surface area contributed by atoms with Gasteiger partial charge in [0, 0.05) is 7.11 Å². The van der Waals surface area contributed by atoms with Gasteiger partial charge in [0.15, 0.2) is 0 Å². The van der Waals surface area contributed by atoms with Crippen LogP contribution >= 0.6 is 0 Å². The third-order valence-electron chi connectivity index (χ3n) is 1.60. The Morgan fingerprint density at radius 1 is 1.14 bits per heavy atom. The predicted octanol–water partition coefficient (Wildman–Crippen LogP) is 0.818. The van der Waals surface area contributed by atoms with E-state index in [1.54, 1.807) is 20.8 Å². The van der Waals surface area contributed by atoms with Gasteiger partial charge in [-0.05, 0) is 27.7 Å². The number of methoxy groups -OCH3 is 1. The Bertz CT molecular complexity index is 240. The lowest BCUT2D eigenvalue weighted by Crippen LogP contribution is -2.48. The predicted molar refractivity (Wildman–Crippen MR) is 48.9 cm³/mol. The molecule has 0 heterocycles. The van der Waals surface area contributed by atoms with Gasteiger partial charge in [-0.15, -0.1) is 0 Å². The number of ether oxygens (including phenoxy) is 2. The third kappa shape index (κ3) is 2.99. The first kappa shape index (κ1) is 12.9. The van der Waals surface area contributed by atoms with Crippen molar-refractivity contribution in [2.24, 2.45) is 0 Å². The molecule has 0 aromatic carbocycles. The Hall–Kier alpha value is -1.10. The second-order valence-electron chi connectivity index (χ2n) is 4.04. The van der Waals surface area contributed by atoms with Gasteiger partial charge < -0.3 is 14.6 Å². The minimum Gasteiger partial charge on any atom is -0.479 e. The highest BCUT2D eigenvalue weighted by Crippen LogP contribution is 2.17. The fraction of sp³-hybridized carbons (Fsp3) is 0.778. The quantitative estimate of drug-likeness (QED) is 0.544. The lowest BCUT2D eigenvalue weighted by molar-refractivity contribution is -0.189. The highest BCUT2D eigenvalue weighted by atomic mass is 16.6. The number of aliphatic carboxylic acids is 1. The summed E-state index contributed by atoms with van der Waals surface area (Å²) in [5.74, 6) is -2.27. The maximum absolute atomic E-state index is 11.4. The lowest BCUT2D eigenvalue weighted by atomic mass is 10.1. The number of carbonyl (C=O) groups is 2. The van der Waals surface area contributed by atoms with Gasteiger partial charge in [-0.2, -0.15) is 0 Å². The van der Waals surface area contributed by atoms with Crippen molar-refractivity contribution in [1.29, 1.82) is 0 Å². The van der Waals surface area contributed by atoms with E-state index in [1.165, 1.54) is 0 Å². The second-order valence-corrected chi connectivity index (χ2v) is 4.04. The van der Waals surface area contributed by atoms with E-state index in [0.29, 0.717) is 0 Å². The smallest absolute Gasteiger partial charge is 0.350 e. The van der Waals surface area contributed by atoms with Gasteiger partial charge >= 0.3 is 11.9 Å². The number of carboxylic acids is 1. The molecule has 0 fully saturated rings. The number of carbonyl (C=O) groups excluding carboxylic acids is 1. The summed E-state index contributed by atoms with van der Waals surface area (Å²) in [5.41, 5.74) is -2.67. The molecular weight excluding hydrogens is 188 g/mol. The SMILES string of the molecule is CO[C@@](C)(C(=O)O)C(=O)OC(C)(C)C. The van der Waals surface area contributed by atoms with Gasteiger partial charge in [0.25, 0.3) is 5.60 Å². The topological polar surface area (TPSA) is 72.8 Å². The molecule has 0 saturated carbocycles. The first-order valence-corrected chi connectivity index (χ1v) is 4.15. The van der Waals surface area contributed by atoms with E-state index in [9.17, 15) is 9.59 Å². The zero-order valence-electron chi connectivity index (χ0n) is 9.08. The van der Waals surface area contributed by atoms with Crippen molar-refractivity contribution in [2.45, 2.75) is 38.9 Å². The van der Waals surface area contributed by atoms with Crippen LogP contribution in [0.2, 0.25) is 0 Å². The van der Waals surface area contributed by atoms with Crippen LogP contribution in [0, 0.1) is 0 Å². The Labute approximate surface area is 83.0 Å². The lowest BCUT2D eigenvalue weighted by Gasteiger charge is -2.26. The third-order valence-corrected chi connectivity index (χ3v) is 1.60. The molecule has 0 rings (SSSR count). The number of carboxylic acid groups (broad SMARTS) is 1. The molecule has 1 atom stereocenters. The van der Waals surface area contributed by atoms with Crippen molar-refractivity contribution in [3.63, 3.8) is 0 Å². The van der Waals surface area contributed by atoms with Crippen LogP contribution in [0.25, 0.3) is 0 Å². The molecule has 0 saturated heterocycles. The summed E-state index contributed by atoms with van der Waals surface area (Å²) >= 11 is 0. The van der Waals surface area contributed by atoms with Crippen LogP contribution in [0.15, 0.2) is 0 Å². The number of esters is 1. The molecule has 0 amide bonds. The van der Waals surface area contributed by atoms with Gasteiger partial charge in [0.05, 0.1) is 0 Å². The highest BCUT2D eigenvalue weighted by molar-refractivity contribution is 6.02. The number of rotatable bonds is 3. The van der Waals surface area contributed by atoms with Crippen molar-refractivity contribution in [2.75, 3.05) is 7.11 Å². The average Bonchev–Trinajstić information content (AvgIpc) is 1.99. The van der Waals surface area contributed by atoms with E-state index in [1.807, 2.05) is 0 Å². The van der Waals surface area contributed by atoms with Crippen LogP contribution in [0.3, 0.4) is 0 Å². The summed E-state index contributed by atoms with van der Waals surface area (Å²) < 4.78 is 9.54. The standard InChI is InChI=1S/C9H16O5/c1-8(2,3)14-7(12)9(4,13-5)6(10)11/h1-5H3,(H,10,11)/t9-/m0/s1. The zero-order chi connectivity index (χ0) is 11.6. The van der Waals surface area contributed by atoms with Gasteiger partial charge in [-0.1, -0.05) is 0 Å². The second kappa shape index (κ2) is 3.96. The molecule has 0 aromatic heterocycles. The molecule has 0 aliphatic carbocycles. The van der Waals surface area contributed by atoms with Crippen molar-refractivity contribution >= 4 is 11.9 Å². The Morgan fingerprint density at radius 2 is 1.57 bits per heavy atom. The molecule has 82 valence electrons. The molecule has 0 radical (unpaired) electrons. The van der Waals surface area contributed by atoms with E-state index < -0.39 is 23.1 Å². The Morgan fingerprint density at radius 3 is 1.79 bits per heavy atom. The molecule has 0 unspecified atom stereocenters. The molecule has 0 aliphatic rings. The van der Waals surface area contributed by atoms with Crippen LogP contribution in [0.1, 0.15) is 27.7 Å². The van der Waals surface area contributed by atoms with Crippen molar-refractivity contribution in [1.82, 2.24) is 0 Å². The van der Waals surface area contributed by atoms with E-state index in [-0.39, 0.29) is 0 Å². The zero-order valence-corrected chi connectivity index (χ0v) is 9.08. The molecule has 5 nitrogen and oxygen atoms in total. The van der Waals surface area contributed by atoms with Crippen LogP contribution in [-0.2, 0) is 19.1 Å². The van der Waals surface area contributed by atoms with Crippen molar-refractivity contribution in [3.05, 3.63) is 0 Å². The van der Waals surface area contributed by atoms with Crippen LogP contribution < -0.4 is 0 Å². The van der Waals surface area contributed by atoms with Crippen LogP contribution in [-0.4, -0.2) is 35.4 Å². The molecule has 0 aromatic rings. The van der Waals surface area contributed by atoms with Crippen LogP contribution in [0.5, 0.6) is 0 Å². The summed E-state index contributed by atoms with van der Waals surface area (Å²) in [6.45, 7) is 6.12. The minimum atomic E-state index is -1.94. The van der Waals surface area contributed by atoms with Gasteiger partial charge in [0.2, 0.25) is 0 Å². The van der Waals surface area contributed by atoms with Crippen molar-refractivity contribution < 1.29 is 24.2 Å². The first-order chi connectivity index (χ1) is 6.13. The highest BCUT2D eigenvalue weighted by Gasteiger charge is 2.45. The Balaban J connectivity index is 4.73. The normalized spacial score (nSPS) is 15.8. The molecule has 0 spiro atoms. The average molecular weight is 204 g/mol. The summed E-state index contributed by atoms with van der Waals surface area (Å²) in [5, 5.41) is 8.77. The number of hydrogen-bond donors (Lipinski definition) is 1. The summed E-state index contributed by atoms with van der Waals surface area (Å²) in [6, 6.07) is 0. The molecule has 0 aliphatic heterocycles. The maximum Gasteiger partial charge on any atom is 0.350 e. The summed E-state index contributed by atoms with van der Waals surface area (Å²) in [7, 11) is 1.15. The van der Waals surface area contributed by atoms with E-state index >= 15 is 0 Å². The van der Waals surface area contributed by atoms with Gasteiger partial charge in [0.1, 0.15) is 5.60 Å². The van der Waals surface area contributed by atoms with E-state index in [2.05, 4.69) is 4.74 Å². The summed E-state index contributed by atoms with van der Waals surface area (Å²) in [6.07, 6.45) is 0. The fourth-order valence-electron chi connectivity index (χ4n) is 0.633. The maximum atomic E-state index is 11.4. The molecule has 5 heteroatoms. The van der Waals surface area contributed by atoms with E-state index in [4.69, 9.17) is 9.84 Å². The fourth-order valence-corrected chi connectivity index (χ4v) is 0.633. The van der Waals surface area contributed by atoms with Gasteiger partial charge in [-0.25, -0.2) is 9.59 Å². The van der Waals surface area contributed by atoms with Crippen molar-refractivity contribution in [3.8, 4) is 0 Å². The largest absolute Gasteiger partial charge is 0.479 e. The summed E-state index contributed by atoms with van der Waals surface area (Å²) in [4.78, 5) is 22.2. The first-order valence-electron chi connectivity index (χ1n) is 4.15. The Kier molecular flexibility index (Phi) is 3.65. The monoisotopic (exact) mass is 204 g/mol. The number of hydrogen-bond acceptors (Lipinski definition) is 4. The van der Waals surface area contributed by atoms with E-state index in [0.717, 1.165) is 14.0 Å². The van der Waals surface area contributed by atoms with Crippen LogP contribution in [0.4, 0.5) is 0 Å². The molecule has 14 heavy (non-hydrogen) atoms. The minimum absolute atomic E-state index is 0.730. The molecule has 0 bridgehead atoms. The molecular formula is C9H16O5. The molecule has 1 N–H and O–H groups in total. The van der Waals surface area contributed by atoms with Gasteiger partial charge in [-0.3, -0.25) is 0 Å².